The van der Waals surface area contributed by atoms with Gasteiger partial charge in [0.15, 0.2) is 9.40 Å². The molecule has 2 heteroatoms. The summed E-state index contributed by atoms with van der Waals surface area (Å²) in [6.07, 6.45) is 2.18. The van der Waals surface area contributed by atoms with E-state index < -0.39 is 0 Å². The second-order valence-corrected chi connectivity index (χ2v) is 5.73. The van der Waals surface area contributed by atoms with Crippen LogP contribution in [-0.4, -0.2) is 0 Å². The lowest BCUT2D eigenvalue weighted by atomic mass is 10.2. The van der Waals surface area contributed by atoms with E-state index in [0.29, 0.717) is 0 Å². The minimum atomic E-state index is 0.0184. The van der Waals surface area contributed by atoms with Crippen molar-refractivity contribution in [1.29, 1.82) is 0 Å². The van der Waals surface area contributed by atoms with Gasteiger partial charge in [0, 0.05) is 0 Å². The van der Waals surface area contributed by atoms with Gasteiger partial charge in [-0.3, -0.25) is 4.79 Å². The lowest BCUT2D eigenvalue weighted by molar-refractivity contribution is 1.74. The number of hydrogen-bond donors (Lipinski definition) is 0. The summed E-state index contributed by atoms with van der Waals surface area (Å²) < 4.78 is 2.34. The molecule has 0 saturated heterocycles. The van der Waals surface area contributed by atoms with E-state index in [1.807, 2.05) is 36.4 Å². The van der Waals surface area contributed by atoms with Gasteiger partial charge in [0.2, 0.25) is 5.43 Å². The molecule has 0 aliphatic rings. The van der Waals surface area contributed by atoms with Crippen LogP contribution < -0.4 is 5.43 Å². The van der Waals surface area contributed by atoms with Gasteiger partial charge < -0.3 is 0 Å². The van der Waals surface area contributed by atoms with E-state index in [9.17, 15) is 4.79 Å². The molecule has 78 valence electrons. The molecule has 1 heterocycles. The van der Waals surface area contributed by atoms with Crippen molar-refractivity contribution in [1.82, 2.24) is 0 Å². The predicted octanol–water partition coefficient (Wildman–Crippen LogP) is 3.64. The van der Waals surface area contributed by atoms with Crippen molar-refractivity contribution in [2.45, 2.75) is 0 Å². The molecule has 1 aromatic heterocycles. The molecule has 16 heavy (non-hydrogen) atoms. The van der Waals surface area contributed by atoms with Crippen LogP contribution in [0.3, 0.4) is 0 Å². The molecular formula is C14H11OS+. The third kappa shape index (κ3) is 1.20. The van der Waals surface area contributed by atoms with E-state index in [4.69, 9.17) is 0 Å². The summed E-state index contributed by atoms with van der Waals surface area (Å²) >= 11 is 0. The Kier molecular flexibility index (Phi) is 2.04. The molecule has 0 N–H and O–H groups in total. The second kappa shape index (κ2) is 3.42. The Labute approximate surface area is 95.9 Å². The van der Waals surface area contributed by atoms with Crippen molar-refractivity contribution >= 4 is 30.6 Å². The van der Waals surface area contributed by atoms with Gasteiger partial charge in [-0.1, -0.05) is 24.3 Å². The molecule has 3 rings (SSSR count). The number of aryl methyl sites for hydroxylation is 1. The minimum absolute atomic E-state index is 0.0184. The molecule has 0 aliphatic carbocycles. The number of fused-ring (bicyclic) bond motifs is 2. The van der Waals surface area contributed by atoms with Gasteiger partial charge in [-0.05, 0) is 34.7 Å². The standard InChI is InChI=1S/C14H11OS/c1-16-12-8-4-2-6-10(12)14(15)11-7-3-5-9-13(11)16/h2-9H,1H3/q+1. The Morgan fingerprint density at radius 3 is 1.75 bits per heavy atom. The molecule has 0 bridgehead atoms. The molecule has 0 aliphatic heterocycles. The van der Waals surface area contributed by atoms with Crippen molar-refractivity contribution in [3.8, 4) is 0 Å². The zero-order valence-electron chi connectivity index (χ0n) is 8.94. The lowest BCUT2D eigenvalue weighted by Gasteiger charge is -1.98. The van der Waals surface area contributed by atoms with Crippen LogP contribution in [0.25, 0.3) is 20.2 Å². The minimum Gasteiger partial charge on any atom is -0.288 e. The maximum atomic E-state index is 12.3. The van der Waals surface area contributed by atoms with Crippen molar-refractivity contribution < 1.29 is 0 Å². The van der Waals surface area contributed by atoms with Gasteiger partial charge in [-0.25, -0.2) is 0 Å². The first-order valence-electron chi connectivity index (χ1n) is 5.18. The molecule has 3 aromatic rings. The van der Waals surface area contributed by atoms with Gasteiger partial charge in [-0.15, -0.1) is 0 Å². The van der Waals surface area contributed by atoms with Crippen molar-refractivity contribution in [2.75, 3.05) is 0 Å². The normalized spacial score (nSPS) is 11.1. The molecule has 0 unspecified atom stereocenters. The zero-order chi connectivity index (χ0) is 11.1. The van der Waals surface area contributed by atoms with E-state index >= 15 is 0 Å². The molecular weight excluding hydrogens is 216 g/mol. The summed E-state index contributed by atoms with van der Waals surface area (Å²) in [5, 5.41) is 1.74. The predicted molar refractivity (Wildman–Crippen MR) is 71.2 cm³/mol. The smallest absolute Gasteiger partial charge is 0.203 e. The first-order valence-corrected chi connectivity index (χ1v) is 6.81. The molecule has 0 radical (unpaired) electrons. The first kappa shape index (κ1) is 9.55. The van der Waals surface area contributed by atoms with Crippen LogP contribution in [0.15, 0.2) is 53.3 Å². The second-order valence-electron chi connectivity index (χ2n) is 3.83. The zero-order valence-corrected chi connectivity index (χ0v) is 9.75. The molecule has 0 atom stereocenters. The third-order valence-corrected chi connectivity index (χ3v) is 4.95. The highest BCUT2D eigenvalue weighted by Gasteiger charge is 2.15. The van der Waals surface area contributed by atoms with Crippen molar-refractivity contribution in [2.24, 2.45) is 6.26 Å². The Morgan fingerprint density at radius 2 is 1.25 bits per heavy atom. The van der Waals surface area contributed by atoms with E-state index in [2.05, 4.69) is 18.4 Å². The maximum absolute atomic E-state index is 12.3. The van der Waals surface area contributed by atoms with E-state index in [1.54, 1.807) is 0 Å². The quantitative estimate of drug-likeness (QED) is 0.423. The fraction of sp³-hybridized carbons (Fsp3) is 0.0714. The average molecular weight is 227 g/mol. The highest BCUT2D eigenvalue weighted by Crippen LogP contribution is 2.32. The van der Waals surface area contributed by atoms with Crippen LogP contribution in [0.2, 0.25) is 0 Å². The van der Waals surface area contributed by atoms with Gasteiger partial charge in [0.25, 0.3) is 0 Å². The van der Waals surface area contributed by atoms with Gasteiger partial charge in [0.1, 0.15) is 6.26 Å². The molecule has 0 spiro atoms. The van der Waals surface area contributed by atoms with Crippen LogP contribution in [0.4, 0.5) is 0 Å². The van der Waals surface area contributed by atoms with Crippen LogP contribution in [0.5, 0.6) is 0 Å². The van der Waals surface area contributed by atoms with Crippen LogP contribution >= 0.6 is 10.5 Å². The lowest BCUT2D eigenvalue weighted by Crippen LogP contribution is -2.01. The fourth-order valence-corrected chi connectivity index (χ4v) is 3.89. The van der Waals surface area contributed by atoms with Gasteiger partial charge in [-0.2, -0.15) is 0 Å². The Bertz CT molecular complexity index is 680. The van der Waals surface area contributed by atoms with Gasteiger partial charge >= 0.3 is 0 Å². The molecule has 0 fully saturated rings. The number of benzene rings is 2. The fourth-order valence-electron chi connectivity index (χ4n) is 2.11. The van der Waals surface area contributed by atoms with E-state index in [-0.39, 0.29) is 15.9 Å². The van der Waals surface area contributed by atoms with Crippen LogP contribution in [-0.2, 0) is 6.26 Å². The average Bonchev–Trinajstić information content (AvgIpc) is 2.36. The molecule has 0 saturated carbocycles. The highest BCUT2D eigenvalue weighted by atomic mass is 32.2. The summed E-state index contributed by atoms with van der Waals surface area (Å²) in [6.45, 7) is 0. The monoisotopic (exact) mass is 227 g/mol. The first-order chi connectivity index (χ1) is 7.79. The number of hydrogen-bond acceptors (Lipinski definition) is 1. The largest absolute Gasteiger partial charge is 0.288 e. The van der Waals surface area contributed by atoms with Crippen LogP contribution in [0, 0.1) is 0 Å². The Morgan fingerprint density at radius 1 is 0.812 bits per heavy atom. The topological polar surface area (TPSA) is 17.1 Å². The molecule has 2 aromatic carbocycles. The van der Waals surface area contributed by atoms with Crippen molar-refractivity contribution in [3.05, 3.63) is 58.8 Å². The Balaban J connectivity index is 2.73. The summed E-state index contributed by atoms with van der Waals surface area (Å²) in [4.78, 5) is 12.3. The van der Waals surface area contributed by atoms with Crippen LogP contribution in [0.1, 0.15) is 0 Å². The summed E-state index contributed by atoms with van der Waals surface area (Å²) in [7, 11) is 0.0184. The Hall–Kier alpha value is -1.67. The van der Waals surface area contributed by atoms with Gasteiger partial charge in [0.05, 0.1) is 10.8 Å². The third-order valence-electron chi connectivity index (χ3n) is 2.92. The maximum Gasteiger partial charge on any atom is 0.203 e. The summed E-state index contributed by atoms with van der Waals surface area (Å²) in [5.41, 5.74) is 0.164. The molecule has 1 nitrogen and oxygen atoms in total. The molecule has 0 amide bonds. The SMILES string of the molecule is C[s+]1c2ccccc2c(=O)c2ccccc21. The summed E-state index contributed by atoms with van der Waals surface area (Å²) in [6, 6.07) is 15.9. The van der Waals surface area contributed by atoms with E-state index in [1.165, 1.54) is 9.40 Å². The van der Waals surface area contributed by atoms with E-state index in [0.717, 1.165) is 10.8 Å². The van der Waals surface area contributed by atoms with Crippen molar-refractivity contribution in [3.63, 3.8) is 0 Å². The highest BCUT2D eigenvalue weighted by molar-refractivity contribution is 7.40. The summed E-state index contributed by atoms with van der Waals surface area (Å²) in [5.74, 6) is 0. The number of rotatable bonds is 0.